The van der Waals surface area contributed by atoms with Gasteiger partial charge >= 0.3 is 6.09 Å². The molecule has 1 aliphatic carbocycles. The molecule has 2 aromatic carbocycles. The molecule has 158 valence electrons. The Morgan fingerprint density at radius 1 is 1.10 bits per heavy atom. The number of methoxy groups -OCH3 is 1. The molecule has 2 aromatic rings. The van der Waals surface area contributed by atoms with Crippen LogP contribution in [0.15, 0.2) is 60.7 Å². The second kappa shape index (κ2) is 8.00. The van der Waals surface area contributed by atoms with E-state index in [1.807, 2.05) is 60.7 Å². The number of nitrogens with zero attached hydrogens (tertiary/aromatic N) is 1. The Bertz CT molecular complexity index is 878. The van der Waals surface area contributed by atoms with Crippen LogP contribution >= 0.6 is 0 Å². The van der Waals surface area contributed by atoms with Crippen LogP contribution in [0.3, 0.4) is 0 Å². The lowest BCUT2D eigenvalue weighted by Gasteiger charge is -2.47. The Morgan fingerprint density at radius 3 is 2.50 bits per heavy atom. The topological polar surface area (TPSA) is 77.5 Å². The predicted molar refractivity (Wildman–Crippen MR) is 106 cm³/mol. The van der Waals surface area contributed by atoms with Gasteiger partial charge in [-0.2, -0.15) is 0 Å². The van der Waals surface area contributed by atoms with Crippen LogP contribution in [0.4, 0.5) is 4.79 Å². The second-order valence-electron chi connectivity index (χ2n) is 7.98. The summed E-state index contributed by atoms with van der Waals surface area (Å²) in [5.41, 5.74) is 1.72. The number of ether oxygens (including phenoxy) is 4. The zero-order chi connectivity index (χ0) is 20.7. The van der Waals surface area contributed by atoms with Gasteiger partial charge in [0, 0.05) is 24.2 Å². The Labute approximate surface area is 175 Å². The van der Waals surface area contributed by atoms with Crippen LogP contribution in [0.25, 0.3) is 0 Å². The molecule has 2 unspecified atom stereocenters. The minimum atomic E-state index is -0.920. The fourth-order valence-corrected chi connectivity index (χ4v) is 4.85. The molecule has 30 heavy (non-hydrogen) atoms. The molecule has 7 atom stereocenters. The van der Waals surface area contributed by atoms with Crippen molar-refractivity contribution in [1.29, 1.82) is 0 Å². The van der Waals surface area contributed by atoms with E-state index >= 15 is 0 Å². The predicted octanol–water partition coefficient (Wildman–Crippen LogP) is 3.02. The van der Waals surface area contributed by atoms with E-state index in [2.05, 4.69) is 0 Å². The molecule has 3 fully saturated rings. The maximum absolute atomic E-state index is 12.8. The SMILES string of the molecule is COC(c1ccccc1)N1C(=O)O[C@H]2C[C@@H]3COC(c4ccccc4)O[C@H]3[C@H](O)[C@H]21. The van der Waals surface area contributed by atoms with Gasteiger partial charge in [0.25, 0.3) is 0 Å². The highest BCUT2D eigenvalue weighted by atomic mass is 16.7. The summed E-state index contributed by atoms with van der Waals surface area (Å²) >= 11 is 0. The van der Waals surface area contributed by atoms with E-state index in [-0.39, 0.29) is 5.92 Å². The van der Waals surface area contributed by atoms with Gasteiger partial charge in [0.1, 0.15) is 18.2 Å². The molecule has 1 saturated carbocycles. The van der Waals surface area contributed by atoms with Gasteiger partial charge in [0.2, 0.25) is 0 Å². The molecule has 0 bridgehead atoms. The molecule has 2 heterocycles. The van der Waals surface area contributed by atoms with E-state index in [1.54, 1.807) is 7.11 Å². The number of hydrogen-bond acceptors (Lipinski definition) is 6. The first-order valence-corrected chi connectivity index (χ1v) is 10.2. The standard InChI is InChI=1S/C23H25NO6/c1-27-21(14-8-4-2-5-9-14)24-18-17(29-23(24)26)12-16-13-28-22(30-20(16)19(18)25)15-10-6-3-7-11-15/h2-11,16-22,25H,12-13H2,1H3/t16-,17+,18+,19-,20-,21?,22?/m1/s1. The molecule has 2 saturated heterocycles. The van der Waals surface area contributed by atoms with Crippen LogP contribution in [-0.4, -0.2) is 54.2 Å². The van der Waals surface area contributed by atoms with E-state index < -0.39 is 43.0 Å². The van der Waals surface area contributed by atoms with E-state index in [0.29, 0.717) is 13.0 Å². The average Bonchev–Trinajstić information content (AvgIpc) is 3.11. The highest BCUT2D eigenvalue weighted by Gasteiger charge is 2.57. The molecule has 1 N–H and O–H groups in total. The Hall–Kier alpha value is -2.45. The minimum Gasteiger partial charge on any atom is -0.444 e. The first-order chi connectivity index (χ1) is 14.7. The highest BCUT2D eigenvalue weighted by Crippen LogP contribution is 2.44. The largest absolute Gasteiger partial charge is 0.444 e. The van der Waals surface area contributed by atoms with Crippen molar-refractivity contribution < 1.29 is 28.8 Å². The van der Waals surface area contributed by atoms with Gasteiger partial charge in [-0.3, -0.25) is 4.90 Å². The van der Waals surface area contributed by atoms with Crippen molar-refractivity contribution in [1.82, 2.24) is 4.90 Å². The number of aliphatic hydroxyl groups is 1. The smallest absolute Gasteiger partial charge is 0.412 e. The van der Waals surface area contributed by atoms with Gasteiger partial charge in [0.15, 0.2) is 12.5 Å². The summed E-state index contributed by atoms with van der Waals surface area (Å²) in [6.45, 7) is 0.439. The van der Waals surface area contributed by atoms with Crippen LogP contribution in [-0.2, 0) is 18.9 Å². The summed E-state index contributed by atoms with van der Waals surface area (Å²) in [6, 6.07) is 18.6. The zero-order valence-electron chi connectivity index (χ0n) is 16.7. The molecule has 3 aliphatic rings. The Morgan fingerprint density at radius 2 is 1.80 bits per heavy atom. The summed E-state index contributed by atoms with van der Waals surface area (Å²) in [6.07, 6.45) is -2.93. The van der Waals surface area contributed by atoms with Gasteiger partial charge in [0.05, 0.1) is 12.7 Å². The van der Waals surface area contributed by atoms with Crippen LogP contribution in [0.1, 0.15) is 30.1 Å². The van der Waals surface area contributed by atoms with Crippen LogP contribution in [0.2, 0.25) is 0 Å². The second-order valence-corrected chi connectivity index (χ2v) is 7.98. The van der Waals surface area contributed by atoms with Crippen LogP contribution in [0.5, 0.6) is 0 Å². The van der Waals surface area contributed by atoms with Crippen molar-refractivity contribution >= 4 is 6.09 Å². The molecule has 5 rings (SSSR count). The Balaban J connectivity index is 1.41. The van der Waals surface area contributed by atoms with Crippen molar-refractivity contribution in [3.8, 4) is 0 Å². The number of benzene rings is 2. The average molecular weight is 411 g/mol. The first-order valence-electron chi connectivity index (χ1n) is 10.2. The number of carbonyl (C=O) groups is 1. The summed E-state index contributed by atoms with van der Waals surface area (Å²) in [7, 11) is 1.55. The van der Waals surface area contributed by atoms with Crippen LogP contribution < -0.4 is 0 Å². The summed E-state index contributed by atoms with van der Waals surface area (Å²) < 4.78 is 23.4. The molecule has 7 nitrogen and oxygen atoms in total. The molecule has 7 heteroatoms. The van der Waals surface area contributed by atoms with Gasteiger partial charge in [-0.25, -0.2) is 4.79 Å². The number of aliphatic hydroxyl groups excluding tert-OH is 1. The number of carbonyl (C=O) groups excluding carboxylic acids is 1. The fourth-order valence-electron chi connectivity index (χ4n) is 4.85. The van der Waals surface area contributed by atoms with Gasteiger partial charge in [-0.1, -0.05) is 60.7 Å². The van der Waals surface area contributed by atoms with Gasteiger partial charge in [-0.05, 0) is 6.42 Å². The number of fused-ring (bicyclic) bond motifs is 2. The third-order valence-corrected chi connectivity index (χ3v) is 6.23. The quantitative estimate of drug-likeness (QED) is 0.834. The fraction of sp³-hybridized carbons (Fsp3) is 0.435. The van der Waals surface area contributed by atoms with Crippen molar-refractivity contribution in [2.24, 2.45) is 5.92 Å². The van der Waals surface area contributed by atoms with Crippen molar-refractivity contribution in [3.05, 3.63) is 71.8 Å². The first kappa shape index (κ1) is 19.5. The lowest BCUT2D eigenvalue weighted by molar-refractivity contribution is -0.281. The van der Waals surface area contributed by atoms with Crippen molar-refractivity contribution in [3.63, 3.8) is 0 Å². The van der Waals surface area contributed by atoms with Gasteiger partial charge in [-0.15, -0.1) is 0 Å². The number of rotatable bonds is 4. The maximum Gasteiger partial charge on any atom is 0.412 e. The summed E-state index contributed by atoms with van der Waals surface area (Å²) in [5, 5.41) is 11.3. The van der Waals surface area contributed by atoms with Crippen LogP contribution in [0, 0.1) is 5.92 Å². The zero-order valence-corrected chi connectivity index (χ0v) is 16.7. The number of amides is 1. The van der Waals surface area contributed by atoms with E-state index in [1.165, 1.54) is 4.90 Å². The van der Waals surface area contributed by atoms with E-state index in [0.717, 1.165) is 11.1 Å². The molecule has 2 aliphatic heterocycles. The lowest BCUT2D eigenvalue weighted by atomic mass is 9.78. The number of hydrogen-bond donors (Lipinski definition) is 1. The molecular formula is C23H25NO6. The molecule has 0 spiro atoms. The third kappa shape index (κ3) is 3.28. The minimum absolute atomic E-state index is 0.0494. The molecule has 0 aromatic heterocycles. The summed E-state index contributed by atoms with van der Waals surface area (Å²) in [4.78, 5) is 14.3. The normalized spacial score (nSPS) is 34.1. The molecule has 0 radical (unpaired) electrons. The molecular weight excluding hydrogens is 386 g/mol. The third-order valence-electron chi connectivity index (χ3n) is 6.23. The van der Waals surface area contributed by atoms with Crippen molar-refractivity contribution in [2.75, 3.05) is 13.7 Å². The van der Waals surface area contributed by atoms with Gasteiger partial charge < -0.3 is 24.1 Å². The lowest BCUT2D eigenvalue weighted by Crippen LogP contribution is -2.60. The van der Waals surface area contributed by atoms with Crippen molar-refractivity contribution in [2.45, 2.75) is 43.3 Å². The van der Waals surface area contributed by atoms with E-state index in [4.69, 9.17) is 18.9 Å². The highest BCUT2D eigenvalue weighted by molar-refractivity contribution is 5.71. The van der Waals surface area contributed by atoms with E-state index in [9.17, 15) is 9.90 Å². The maximum atomic E-state index is 12.8. The Kier molecular flexibility index (Phi) is 5.20. The monoisotopic (exact) mass is 411 g/mol. The molecule has 1 amide bonds. The summed E-state index contributed by atoms with van der Waals surface area (Å²) in [5.74, 6) is -0.0494.